The number of hydrogen-bond donors (Lipinski definition) is 2. The smallest absolute Gasteiger partial charge is 0.325 e. The second-order valence-corrected chi connectivity index (χ2v) is 8.25. The summed E-state index contributed by atoms with van der Waals surface area (Å²) in [6.45, 7) is 3.90. The van der Waals surface area contributed by atoms with Crippen LogP contribution in [-0.4, -0.2) is 40.9 Å². The van der Waals surface area contributed by atoms with Gasteiger partial charge in [-0.1, -0.05) is 43.7 Å². The van der Waals surface area contributed by atoms with E-state index < -0.39 is 11.6 Å². The average Bonchev–Trinajstić information content (AvgIpc) is 2.92. The van der Waals surface area contributed by atoms with Crippen molar-refractivity contribution in [3.8, 4) is 0 Å². The fourth-order valence-corrected chi connectivity index (χ4v) is 4.30. The highest BCUT2D eigenvalue weighted by molar-refractivity contribution is 6.09. The first-order valence-electron chi connectivity index (χ1n) is 10.4. The van der Waals surface area contributed by atoms with E-state index in [4.69, 9.17) is 0 Å². The van der Waals surface area contributed by atoms with Crippen molar-refractivity contribution in [2.24, 2.45) is 5.92 Å². The van der Waals surface area contributed by atoms with E-state index in [2.05, 4.69) is 29.7 Å². The van der Waals surface area contributed by atoms with Crippen LogP contribution in [0, 0.1) is 5.92 Å². The van der Waals surface area contributed by atoms with Crippen molar-refractivity contribution in [3.05, 3.63) is 35.9 Å². The summed E-state index contributed by atoms with van der Waals surface area (Å²) in [6.07, 6.45) is 6.00. The summed E-state index contributed by atoms with van der Waals surface area (Å²) in [4.78, 5) is 38.7. The van der Waals surface area contributed by atoms with Gasteiger partial charge in [0.25, 0.3) is 5.91 Å². The van der Waals surface area contributed by atoms with Crippen LogP contribution in [0.1, 0.15) is 57.9 Å². The first-order chi connectivity index (χ1) is 13.4. The van der Waals surface area contributed by atoms with Gasteiger partial charge in [-0.15, -0.1) is 0 Å². The molecule has 1 aromatic carbocycles. The zero-order valence-corrected chi connectivity index (χ0v) is 16.9. The quantitative estimate of drug-likeness (QED) is 0.708. The minimum Gasteiger partial charge on any atom is -0.352 e. The Morgan fingerprint density at radius 1 is 1.25 bits per heavy atom. The molecule has 1 aromatic rings. The summed E-state index contributed by atoms with van der Waals surface area (Å²) < 4.78 is 0. The lowest BCUT2D eigenvalue weighted by molar-refractivity contribution is -0.136. The third-order valence-electron chi connectivity index (χ3n) is 6.20. The van der Waals surface area contributed by atoms with E-state index in [-0.39, 0.29) is 24.4 Å². The number of nitrogens with zero attached hydrogens (tertiary/aromatic N) is 1. The van der Waals surface area contributed by atoms with Crippen molar-refractivity contribution < 1.29 is 14.4 Å². The molecule has 1 aliphatic heterocycles. The predicted molar refractivity (Wildman–Crippen MR) is 108 cm³/mol. The van der Waals surface area contributed by atoms with Crippen molar-refractivity contribution in [1.29, 1.82) is 0 Å². The Morgan fingerprint density at radius 3 is 2.57 bits per heavy atom. The number of amides is 4. The zero-order valence-electron chi connectivity index (χ0n) is 16.9. The normalized spacial score (nSPS) is 25.6. The summed E-state index contributed by atoms with van der Waals surface area (Å²) >= 11 is 0. The largest absolute Gasteiger partial charge is 0.352 e. The standard InChI is InChI=1S/C22H31N3O3/c1-3-17-11-13-22(14-12-17)20(27)25(21(28)24-22)15-19(26)23-16(2)9-10-18-7-5-4-6-8-18/h4-8,16-17H,3,9-15H2,1-2H3,(H,23,26)(H,24,28). The lowest BCUT2D eigenvalue weighted by Crippen LogP contribution is -2.50. The maximum absolute atomic E-state index is 12.9. The molecule has 1 aliphatic carbocycles. The van der Waals surface area contributed by atoms with Gasteiger partial charge in [0.05, 0.1) is 0 Å². The van der Waals surface area contributed by atoms with Crippen LogP contribution in [0.5, 0.6) is 0 Å². The highest BCUT2D eigenvalue weighted by Crippen LogP contribution is 2.37. The molecular weight excluding hydrogens is 354 g/mol. The molecule has 1 saturated heterocycles. The Bertz CT molecular complexity index is 711. The van der Waals surface area contributed by atoms with Gasteiger partial charge in [0, 0.05) is 6.04 Å². The second-order valence-electron chi connectivity index (χ2n) is 8.25. The molecule has 2 fully saturated rings. The van der Waals surface area contributed by atoms with Gasteiger partial charge >= 0.3 is 6.03 Å². The first kappa shape index (κ1) is 20.4. The number of hydrogen-bond acceptors (Lipinski definition) is 3. The molecule has 1 saturated carbocycles. The molecule has 3 rings (SSSR count). The number of benzene rings is 1. The van der Waals surface area contributed by atoms with Crippen molar-refractivity contribution in [1.82, 2.24) is 15.5 Å². The van der Waals surface area contributed by atoms with E-state index in [1.54, 1.807) is 0 Å². The van der Waals surface area contributed by atoms with E-state index in [1.165, 1.54) is 5.56 Å². The van der Waals surface area contributed by atoms with Gasteiger partial charge < -0.3 is 10.6 Å². The zero-order chi connectivity index (χ0) is 20.1. The maximum Gasteiger partial charge on any atom is 0.325 e. The summed E-state index contributed by atoms with van der Waals surface area (Å²) in [7, 11) is 0. The number of urea groups is 1. The van der Waals surface area contributed by atoms with Crippen LogP contribution < -0.4 is 10.6 Å². The van der Waals surface area contributed by atoms with Gasteiger partial charge in [-0.25, -0.2) is 4.79 Å². The Hall–Kier alpha value is -2.37. The number of nitrogens with one attached hydrogen (secondary N) is 2. The van der Waals surface area contributed by atoms with Gasteiger partial charge in [0.2, 0.25) is 5.91 Å². The van der Waals surface area contributed by atoms with Crippen LogP contribution >= 0.6 is 0 Å². The Balaban J connectivity index is 1.49. The molecule has 0 radical (unpaired) electrons. The van der Waals surface area contributed by atoms with E-state index in [0.29, 0.717) is 18.8 Å². The number of rotatable bonds is 7. The molecule has 152 valence electrons. The second kappa shape index (κ2) is 8.76. The molecule has 1 atom stereocenters. The molecule has 1 heterocycles. The molecule has 1 unspecified atom stereocenters. The molecule has 6 heteroatoms. The summed E-state index contributed by atoms with van der Waals surface area (Å²) in [5, 5.41) is 5.79. The van der Waals surface area contributed by atoms with E-state index in [9.17, 15) is 14.4 Å². The Morgan fingerprint density at radius 2 is 1.93 bits per heavy atom. The topological polar surface area (TPSA) is 78.5 Å². The van der Waals surface area contributed by atoms with Crippen LogP contribution in [0.2, 0.25) is 0 Å². The molecule has 2 N–H and O–H groups in total. The van der Waals surface area contributed by atoms with Crippen molar-refractivity contribution in [2.45, 2.75) is 70.4 Å². The van der Waals surface area contributed by atoms with Gasteiger partial charge in [0.1, 0.15) is 12.1 Å². The lowest BCUT2D eigenvalue weighted by Gasteiger charge is -2.34. The summed E-state index contributed by atoms with van der Waals surface area (Å²) in [6, 6.07) is 9.64. The SMILES string of the molecule is CCC1CCC2(CC1)NC(=O)N(CC(=O)NC(C)CCc1ccccc1)C2=O. The summed E-state index contributed by atoms with van der Waals surface area (Å²) in [5.41, 5.74) is 0.435. The first-order valence-corrected chi connectivity index (χ1v) is 10.4. The maximum atomic E-state index is 12.9. The molecular formula is C22H31N3O3. The lowest BCUT2D eigenvalue weighted by atomic mass is 9.75. The Kier molecular flexibility index (Phi) is 6.37. The monoisotopic (exact) mass is 385 g/mol. The average molecular weight is 386 g/mol. The molecule has 2 aliphatic rings. The van der Waals surface area contributed by atoms with Gasteiger partial charge in [-0.05, 0) is 56.9 Å². The highest BCUT2D eigenvalue weighted by Gasteiger charge is 2.52. The molecule has 1 spiro atoms. The molecule has 6 nitrogen and oxygen atoms in total. The van der Waals surface area contributed by atoms with Crippen LogP contribution in [0.25, 0.3) is 0 Å². The number of carbonyl (C=O) groups is 3. The fourth-order valence-electron chi connectivity index (χ4n) is 4.30. The minimum atomic E-state index is -0.790. The number of aryl methyl sites for hydroxylation is 1. The van der Waals surface area contributed by atoms with Crippen molar-refractivity contribution in [3.63, 3.8) is 0 Å². The molecule has 0 aromatic heterocycles. The van der Waals surface area contributed by atoms with Crippen LogP contribution in [-0.2, 0) is 16.0 Å². The Labute approximate surface area is 167 Å². The number of imide groups is 1. The van der Waals surface area contributed by atoms with E-state index in [0.717, 1.165) is 37.0 Å². The van der Waals surface area contributed by atoms with Crippen molar-refractivity contribution in [2.75, 3.05) is 6.54 Å². The van der Waals surface area contributed by atoms with Gasteiger partial charge in [-0.3, -0.25) is 14.5 Å². The minimum absolute atomic E-state index is 0.0255. The molecule has 28 heavy (non-hydrogen) atoms. The van der Waals surface area contributed by atoms with Crippen molar-refractivity contribution >= 4 is 17.8 Å². The summed E-state index contributed by atoms with van der Waals surface area (Å²) in [5.74, 6) is 0.0978. The highest BCUT2D eigenvalue weighted by atomic mass is 16.2. The van der Waals surface area contributed by atoms with Crippen LogP contribution in [0.3, 0.4) is 0 Å². The van der Waals surface area contributed by atoms with E-state index in [1.807, 2.05) is 25.1 Å². The van der Waals surface area contributed by atoms with Gasteiger partial charge in [0.15, 0.2) is 0 Å². The number of carbonyl (C=O) groups excluding carboxylic acids is 3. The fraction of sp³-hybridized carbons (Fsp3) is 0.591. The third kappa shape index (κ3) is 4.54. The van der Waals surface area contributed by atoms with Crippen LogP contribution in [0.15, 0.2) is 30.3 Å². The predicted octanol–water partition coefficient (Wildman–Crippen LogP) is 3.01. The van der Waals surface area contributed by atoms with Gasteiger partial charge in [-0.2, -0.15) is 0 Å². The van der Waals surface area contributed by atoms with Crippen LogP contribution in [0.4, 0.5) is 4.79 Å². The van der Waals surface area contributed by atoms with E-state index >= 15 is 0 Å². The molecule has 4 amide bonds. The third-order valence-corrected chi connectivity index (χ3v) is 6.20. The molecule has 0 bridgehead atoms.